The van der Waals surface area contributed by atoms with Crippen LogP contribution in [0.1, 0.15) is 34.2 Å². The third-order valence-corrected chi connectivity index (χ3v) is 5.10. The van der Waals surface area contributed by atoms with Crippen LogP contribution in [-0.4, -0.2) is 14.9 Å². The van der Waals surface area contributed by atoms with Crippen molar-refractivity contribution in [2.75, 3.05) is 5.32 Å². The van der Waals surface area contributed by atoms with Crippen LogP contribution in [-0.2, 0) is 12.6 Å². The molecule has 2 aromatic carbocycles. The van der Waals surface area contributed by atoms with E-state index in [0.29, 0.717) is 28.5 Å². The fourth-order valence-corrected chi connectivity index (χ4v) is 3.45. The van der Waals surface area contributed by atoms with E-state index in [0.717, 1.165) is 29.0 Å². The molecule has 4 nitrogen and oxygen atoms in total. The van der Waals surface area contributed by atoms with Gasteiger partial charge in [0.15, 0.2) is 6.23 Å². The molecule has 1 aromatic heterocycles. The van der Waals surface area contributed by atoms with E-state index in [-0.39, 0.29) is 0 Å². The molecule has 0 saturated heterocycles. The highest BCUT2D eigenvalue weighted by Crippen LogP contribution is 2.35. The minimum Gasteiger partial charge on any atom is -0.368 e. The molecule has 1 atom stereocenters. The van der Waals surface area contributed by atoms with E-state index in [1.54, 1.807) is 12.1 Å². The van der Waals surface area contributed by atoms with E-state index >= 15 is 0 Å². The molecule has 1 aliphatic rings. The largest absolute Gasteiger partial charge is 0.416 e. The molecule has 29 heavy (non-hydrogen) atoms. The van der Waals surface area contributed by atoms with Crippen molar-refractivity contribution in [3.63, 3.8) is 0 Å². The number of hydrogen-bond donors (Lipinski definition) is 2. The van der Waals surface area contributed by atoms with Crippen molar-refractivity contribution in [2.45, 2.75) is 25.7 Å². The number of aliphatic hydroxyl groups excluding tert-OH is 1. The number of halogens is 4. The molecule has 0 fully saturated rings. The number of fused-ring (bicyclic) bond motifs is 1. The summed E-state index contributed by atoms with van der Waals surface area (Å²) >= 11 is 5.95. The Morgan fingerprint density at radius 2 is 1.76 bits per heavy atom. The summed E-state index contributed by atoms with van der Waals surface area (Å²) in [6.45, 7) is 1.85. The molecule has 1 aliphatic heterocycles. The zero-order valence-electron chi connectivity index (χ0n) is 15.3. The second-order valence-corrected chi connectivity index (χ2v) is 7.29. The van der Waals surface area contributed by atoms with Gasteiger partial charge in [-0.3, -0.25) is 0 Å². The Labute approximate surface area is 170 Å². The van der Waals surface area contributed by atoms with Crippen molar-refractivity contribution in [2.24, 2.45) is 0 Å². The van der Waals surface area contributed by atoms with Crippen molar-refractivity contribution in [1.29, 1.82) is 0 Å². The lowest BCUT2D eigenvalue weighted by Crippen LogP contribution is -2.19. The van der Waals surface area contributed by atoms with Gasteiger partial charge in [0.05, 0.1) is 11.3 Å². The lowest BCUT2D eigenvalue weighted by atomic mass is 10.0. The van der Waals surface area contributed by atoms with Gasteiger partial charge in [-0.15, -0.1) is 0 Å². The Kier molecular flexibility index (Phi) is 4.88. The van der Waals surface area contributed by atoms with Crippen LogP contribution in [0.25, 0.3) is 5.70 Å². The van der Waals surface area contributed by atoms with E-state index in [1.165, 1.54) is 22.9 Å². The van der Waals surface area contributed by atoms with Crippen molar-refractivity contribution < 1.29 is 18.3 Å². The summed E-state index contributed by atoms with van der Waals surface area (Å²) in [6.07, 6.45) is -3.33. The Balaban J connectivity index is 1.65. The van der Waals surface area contributed by atoms with Crippen LogP contribution < -0.4 is 5.32 Å². The number of aliphatic hydroxyl groups is 1. The first kappa shape index (κ1) is 19.5. The van der Waals surface area contributed by atoms with Gasteiger partial charge in [-0.1, -0.05) is 35.9 Å². The van der Waals surface area contributed by atoms with Crippen LogP contribution in [0.4, 0.5) is 19.0 Å². The molecular formula is C21H17ClF3N3O. The molecule has 150 valence electrons. The van der Waals surface area contributed by atoms with Gasteiger partial charge in [0, 0.05) is 22.7 Å². The average molecular weight is 420 g/mol. The molecule has 0 bridgehead atoms. The third kappa shape index (κ3) is 3.88. The van der Waals surface area contributed by atoms with Gasteiger partial charge in [-0.2, -0.15) is 18.3 Å². The highest BCUT2D eigenvalue weighted by atomic mass is 35.5. The molecule has 0 spiro atoms. The summed E-state index contributed by atoms with van der Waals surface area (Å²) in [5.41, 5.74) is 3.01. The zero-order valence-corrected chi connectivity index (χ0v) is 16.1. The first-order valence-corrected chi connectivity index (χ1v) is 9.27. The van der Waals surface area contributed by atoms with Crippen LogP contribution in [0.5, 0.6) is 0 Å². The Bertz CT molecular complexity index is 1070. The molecule has 0 amide bonds. The number of rotatable bonds is 3. The third-order valence-electron chi connectivity index (χ3n) is 4.85. The monoisotopic (exact) mass is 419 g/mol. The molecule has 0 radical (unpaired) electrons. The molecule has 4 rings (SSSR count). The molecule has 3 aromatic rings. The molecular weight excluding hydrogens is 403 g/mol. The van der Waals surface area contributed by atoms with E-state index in [1.807, 2.05) is 19.1 Å². The summed E-state index contributed by atoms with van der Waals surface area (Å²) in [6, 6.07) is 12.2. The average Bonchev–Trinajstić information content (AvgIpc) is 2.99. The van der Waals surface area contributed by atoms with Gasteiger partial charge >= 0.3 is 6.18 Å². The van der Waals surface area contributed by atoms with Gasteiger partial charge < -0.3 is 10.4 Å². The van der Waals surface area contributed by atoms with Crippen molar-refractivity contribution in [3.05, 3.63) is 87.6 Å². The van der Waals surface area contributed by atoms with E-state index in [4.69, 9.17) is 11.6 Å². The fourth-order valence-electron chi connectivity index (χ4n) is 3.32. The number of aromatic nitrogens is 2. The maximum atomic E-state index is 12.8. The summed E-state index contributed by atoms with van der Waals surface area (Å²) < 4.78 is 39.9. The standard InChI is InChI=1S/C21H17ClF3N3O/c1-12-17(10-13-2-8-16(22)9-3-13)20-26-18(11-19(29)28(20)27-12)14-4-6-15(7-5-14)21(23,24)25/h2-9,11,19,26,29H,10H2,1H3. The van der Waals surface area contributed by atoms with Crippen molar-refractivity contribution in [3.8, 4) is 0 Å². The van der Waals surface area contributed by atoms with Gasteiger partial charge in [0.25, 0.3) is 0 Å². The van der Waals surface area contributed by atoms with Crippen LogP contribution in [0.2, 0.25) is 5.02 Å². The Morgan fingerprint density at radius 1 is 1.10 bits per heavy atom. The molecule has 2 N–H and O–H groups in total. The predicted octanol–water partition coefficient (Wildman–Crippen LogP) is 5.41. The molecule has 0 saturated carbocycles. The highest BCUT2D eigenvalue weighted by Gasteiger charge is 2.30. The quantitative estimate of drug-likeness (QED) is 0.596. The van der Waals surface area contributed by atoms with E-state index in [2.05, 4.69) is 10.4 Å². The summed E-state index contributed by atoms with van der Waals surface area (Å²) in [7, 11) is 0. The maximum absolute atomic E-state index is 12.8. The van der Waals surface area contributed by atoms with Gasteiger partial charge in [-0.25, -0.2) is 4.68 Å². The minimum atomic E-state index is -4.39. The number of alkyl halides is 3. The number of hydrogen-bond acceptors (Lipinski definition) is 3. The SMILES string of the molecule is Cc1nn2c(c1Cc1ccc(Cl)cc1)NC(c1ccc(C(F)(F)F)cc1)=CC2O. The summed E-state index contributed by atoms with van der Waals surface area (Å²) in [5.74, 6) is 0.613. The Hall–Kier alpha value is -2.77. The lowest BCUT2D eigenvalue weighted by molar-refractivity contribution is -0.137. The predicted molar refractivity (Wildman–Crippen MR) is 106 cm³/mol. The van der Waals surface area contributed by atoms with Crippen LogP contribution in [0, 0.1) is 6.92 Å². The van der Waals surface area contributed by atoms with E-state index in [9.17, 15) is 18.3 Å². The number of nitrogens with zero attached hydrogens (tertiary/aromatic N) is 2. The summed E-state index contributed by atoms with van der Waals surface area (Å²) in [4.78, 5) is 0. The second-order valence-electron chi connectivity index (χ2n) is 6.85. The lowest BCUT2D eigenvalue weighted by Gasteiger charge is -2.23. The topological polar surface area (TPSA) is 50.1 Å². The molecule has 2 heterocycles. The highest BCUT2D eigenvalue weighted by molar-refractivity contribution is 6.30. The smallest absolute Gasteiger partial charge is 0.368 e. The van der Waals surface area contributed by atoms with Crippen molar-refractivity contribution in [1.82, 2.24) is 9.78 Å². The first-order valence-electron chi connectivity index (χ1n) is 8.89. The van der Waals surface area contributed by atoms with E-state index < -0.39 is 18.0 Å². The molecule has 8 heteroatoms. The molecule has 0 aliphatic carbocycles. The Morgan fingerprint density at radius 3 is 2.38 bits per heavy atom. The minimum absolute atomic E-state index is 0.524. The van der Waals surface area contributed by atoms with Gasteiger partial charge in [0.1, 0.15) is 5.82 Å². The van der Waals surface area contributed by atoms with Gasteiger partial charge in [0.2, 0.25) is 0 Å². The maximum Gasteiger partial charge on any atom is 0.416 e. The number of benzene rings is 2. The number of nitrogens with one attached hydrogen (secondary N) is 1. The normalized spacial score (nSPS) is 16.2. The zero-order chi connectivity index (χ0) is 20.8. The molecule has 1 unspecified atom stereocenters. The van der Waals surface area contributed by atoms with Crippen LogP contribution >= 0.6 is 11.6 Å². The first-order chi connectivity index (χ1) is 13.7. The number of aryl methyl sites for hydroxylation is 1. The fraction of sp³-hybridized carbons (Fsp3) is 0.190. The van der Waals surface area contributed by atoms with Crippen molar-refractivity contribution >= 4 is 23.1 Å². The summed E-state index contributed by atoms with van der Waals surface area (Å²) in [5, 5.41) is 18.8. The van der Waals surface area contributed by atoms with Gasteiger partial charge in [-0.05, 0) is 48.4 Å². The van der Waals surface area contributed by atoms with Crippen LogP contribution in [0.15, 0.2) is 54.6 Å². The number of anilines is 1. The van der Waals surface area contributed by atoms with Crippen LogP contribution in [0.3, 0.4) is 0 Å². The second kappa shape index (κ2) is 7.24.